The van der Waals surface area contributed by atoms with Crippen LogP contribution in [-0.4, -0.2) is 62.2 Å². The van der Waals surface area contributed by atoms with E-state index in [-0.39, 0.29) is 0 Å². The number of piperazine rings is 1. The summed E-state index contributed by atoms with van der Waals surface area (Å²) < 4.78 is 5.93. The highest BCUT2D eigenvalue weighted by Gasteiger charge is 2.23. The minimum Gasteiger partial charge on any atom is -0.493 e. The standard InChI is InChI=1S/C17H29N3O/c1-14-5-6-15(2)17(11-14)21-10-4-7-20-9-8-19(3)13-16(20)12-18/h5-6,11,16H,4,7-10,12-13,18H2,1-3H3. The SMILES string of the molecule is Cc1ccc(C)c(OCCCN2CCN(C)CC2CN)c1. The Labute approximate surface area is 128 Å². The van der Waals surface area contributed by atoms with Crippen LogP contribution in [0.5, 0.6) is 5.75 Å². The molecule has 0 aromatic heterocycles. The minimum atomic E-state index is 0.490. The lowest BCUT2D eigenvalue weighted by atomic mass is 10.1. The van der Waals surface area contributed by atoms with Gasteiger partial charge in [0.2, 0.25) is 0 Å². The normalized spacial score (nSPS) is 20.7. The van der Waals surface area contributed by atoms with Crippen LogP contribution in [0.3, 0.4) is 0 Å². The number of nitrogens with two attached hydrogens (primary N) is 1. The second-order valence-corrected chi connectivity index (χ2v) is 6.16. The van der Waals surface area contributed by atoms with Crippen LogP contribution < -0.4 is 10.5 Å². The predicted molar refractivity (Wildman–Crippen MR) is 87.9 cm³/mol. The molecule has 1 aromatic rings. The maximum atomic E-state index is 5.93. The molecule has 2 N–H and O–H groups in total. The number of nitrogens with zero attached hydrogens (tertiary/aromatic N) is 2. The van der Waals surface area contributed by atoms with Crippen molar-refractivity contribution >= 4 is 0 Å². The topological polar surface area (TPSA) is 41.7 Å². The molecule has 4 heteroatoms. The van der Waals surface area contributed by atoms with Crippen LogP contribution in [0, 0.1) is 13.8 Å². The maximum Gasteiger partial charge on any atom is 0.122 e. The average Bonchev–Trinajstić information content (AvgIpc) is 2.48. The molecule has 1 fully saturated rings. The lowest BCUT2D eigenvalue weighted by Crippen LogP contribution is -2.55. The minimum absolute atomic E-state index is 0.490. The zero-order valence-electron chi connectivity index (χ0n) is 13.6. The third kappa shape index (κ3) is 4.70. The molecule has 21 heavy (non-hydrogen) atoms. The Hall–Kier alpha value is -1.10. The smallest absolute Gasteiger partial charge is 0.122 e. The van der Waals surface area contributed by atoms with Crippen molar-refractivity contribution in [2.45, 2.75) is 26.3 Å². The molecule has 1 aliphatic heterocycles. The van der Waals surface area contributed by atoms with Crippen LogP contribution in [0.1, 0.15) is 17.5 Å². The van der Waals surface area contributed by atoms with E-state index in [2.05, 4.69) is 48.9 Å². The van der Waals surface area contributed by atoms with E-state index < -0.39 is 0 Å². The number of likely N-dealkylation sites (N-methyl/N-ethyl adjacent to an activating group) is 1. The summed E-state index contributed by atoms with van der Waals surface area (Å²) in [5.74, 6) is 1.02. The molecule has 1 heterocycles. The largest absolute Gasteiger partial charge is 0.493 e. The van der Waals surface area contributed by atoms with Gasteiger partial charge in [0, 0.05) is 38.8 Å². The van der Waals surface area contributed by atoms with Gasteiger partial charge in [-0.1, -0.05) is 12.1 Å². The Morgan fingerprint density at radius 3 is 2.86 bits per heavy atom. The molecule has 118 valence electrons. The van der Waals surface area contributed by atoms with E-state index in [9.17, 15) is 0 Å². The van der Waals surface area contributed by atoms with Crippen molar-refractivity contribution in [3.8, 4) is 5.75 Å². The quantitative estimate of drug-likeness (QED) is 0.809. The third-order valence-corrected chi connectivity index (χ3v) is 4.27. The Morgan fingerprint density at radius 1 is 1.29 bits per heavy atom. The van der Waals surface area contributed by atoms with Crippen LogP contribution in [0.15, 0.2) is 18.2 Å². The number of benzene rings is 1. The molecule has 2 rings (SSSR count). The predicted octanol–water partition coefficient (Wildman–Crippen LogP) is 1.65. The van der Waals surface area contributed by atoms with Crippen LogP contribution in [-0.2, 0) is 0 Å². The highest BCUT2D eigenvalue weighted by Crippen LogP contribution is 2.19. The van der Waals surface area contributed by atoms with E-state index in [1.807, 2.05) is 0 Å². The van der Waals surface area contributed by atoms with E-state index in [0.29, 0.717) is 6.04 Å². The van der Waals surface area contributed by atoms with Crippen molar-refractivity contribution in [3.05, 3.63) is 29.3 Å². The third-order valence-electron chi connectivity index (χ3n) is 4.27. The number of hydrogen-bond donors (Lipinski definition) is 1. The molecule has 0 spiro atoms. The van der Waals surface area contributed by atoms with Crippen LogP contribution in [0.2, 0.25) is 0 Å². The van der Waals surface area contributed by atoms with Crippen LogP contribution in [0.4, 0.5) is 0 Å². The first-order chi connectivity index (χ1) is 10.1. The van der Waals surface area contributed by atoms with Crippen molar-refractivity contribution in [3.63, 3.8) is 0 Å². The van der Waals surface area contributed by atoms with Crippen molar-refractivity contribution in [1.29, 1.82) is 0 Å². The van der Waals surface area contributed by atoms with Gasteiger partial charge in [0.15, 0.2) is 0 Å². The summed E-state index contributed by atoms with van der Waals surface area (Å²) in [7, 11) is 2.17. The van der Waals surface area contributed by atoms with Gasteiger partial charge in [0.25, 0.3) is 0 Å². The first-order valence-corrected chi connectivity index (χ1v) is 7.93. The zero-order valence-corrected chi connectivity index (χ0v) is 13.6. The molecule has 0 saturated carbocycles. The highest BCUT2D eigenvalue weighted by atomic mass is 16.5. The fourth-order valence-corrected chi connectivity index (χ4v) is 2.88. The molecule has 1 aliphatic rings. The summed E-state index contributed by atoms with van der Waals surface area (Å²) in [5.41, 5.74) is 8.34. The van der Waals surface area contributed by atoms with Crippen molar-refractivity contribution in [2.75, 3.05) is 46.4 Å². The first kappa shape index (κ1) is 16.3. The van der Waals surface area contributed by atoms with E-state index in [0.717, 1.165) is 51.5 Å². The summed E-state index contributed by atoms with van der Waals surface area (Å²) in [4.78, 5) is 4.87. The van der Waals surface area contributed by atoms with E-state index in [4.69, 9.17) is 10.5 Å². The molecule has 0 bridgehead atoms. The van der Waals surface area contributed by atoms with Gasteiger partial charge in [-0.05, 0) is 44.5 Å². The van der Waals surface area contributed by atoms with Gasteiger partial charge >= 0.3 is 0 Å². The lowest BCUT2D eigenvalue weighted by Gasteiger charge is -2.39. The van der Waals surface area contributed by atoms with Gasteiger partial charge in [0.05, 0.1) is 6.61 Å². The molecule has 1 atom stereocenters. The molecule has 1 saturated heterocycles. The van der Waals surface area contributed by atoms with Gasteiger partial charge < -0.3 is 15.4 Å². The van der Waals surface area contributed by atoms with Crippen LogP contribution in [0.25, 0.3) is 0 Å². The molecule has 1 aromatic carbocycles. The summed E-state index contributed by atoms with van der Waals surface area (Å²) in [6, 6.07) is 6.85. The van der Waals surface area contributed by atoms with Crippen LogP contribution >= 0.6 is 0 Å². The fourth-order valence-electron chi connectivity index (χ4n) is 2.88. The van der Waals surface area contributed by atoms with Crippen molar-refractivity contribution in [1.82, 2.24) is 9.80 Å². The summed E-state index contributed by atoms with van der Waals surface area (Å²) >= 11 is 0. The molecule has 1 unspecified atom stereocenters. The van der Waals surface area contributed by atoms with Gasteiger partial charge in [-0.3, -0.25) is 4.90 Å². The first-order valence-electron chi connectivity index (χ1n) is 7.93. The Bertz CT molecular complexity index is 450. The zero-order chi connectivity index (χ0) is 15.2. The average molecular weight is 291 g/mol. The highest BCUT2D eigenvalue weighted by molar-refractivity contribution is 5.35. The molecule has 0 aliphatic carbocycles. The number of aryl methyl sites for hydroxylation is 2. The van der Waals surface area contributed by atoms with Crippen molar-refractivity contribution in [2.24, 2.45) is 5.73 Å². The molecule has 0 radical (unpaired) electrons. The summed E-state index contributed by atoms with van der Waals surface area (Å²) in [6.45, 7) is 10.1. The second kappa shape index (κ2) is 7.78. The van der Waals surface area contributed by atoms with Crippen molar-refractivity contribution < 1.29 is 4.74 Å². The Morgan fingerprint density at radius 2 is 2.10 bits per heavy atom. The lowest BCUT2D eigenvalue weighted by molar-refractivity contribution is 0.0890. The fraction of sp³-hybridized carbons (Fsp3) is 0.647. The summed E-state index contributed by atoms with van der Waals surface area (Å²) in [5, 5.41) is 0. The second-order valence-electron chi connectivity index (χ2n) is 6.16. The summed E-state index contributed by atoms with van der Waals surface area (Å²) in [6.07, 6.45) is 1.05. The van der Waals surface area contributed by atoms with Gasteiger partial charge in [-0.25, -0.2) is 0 Å². The molecule has 0 amide bonds. The van der Waals surface area contributed by atoms with Gasteiger partial charge in [-0.15, -0.1) is 0 Å². The molecular formula is C17H29N3O. The number of ether oxygens (including phenoxy) is 1. The van der Waals surface area contributed by atoms with Gasteiger partial charge in [-0.2, -0.15) is 0 Å². The Balaban J connectivity index is 1.75. The molecular weight excluding hydrogens is 262 g/mol. The maximum absolute atomic E-state index is 5.93. The van der Waals surface area contributed by atoms with Gasteiger partial charge in [0.1, 0.15) is 5.75 Å². The number of hydrogen-bond acceptors (Lipinski definition) is 4. The van der Waals surface area contributed by atoms with E-state index >= 15 is 0 Å². The van der Waals surface area contributed by atoms with E-state index in [1.54, 1.807) is 0 Å². The molecule has 4 nitrogen and oxygen atoms in total. The Kier molecular flexibility index (Phi) is 6.03. The van der Waals surface area contributed by atoms with E-state index in [1.165, 1.54) is 11.1 Å². The number of rotatable bonds is 6. The monoisotopic (exact) mass is 291 g/mol.